The number of rotatable bonds is 6. The maximum atomic E-state index is 11.8. The van der Waals surface area contributed by atoms with Gasteiger partial charge in [-0.3, -0.25) is 0 Å². The molecule has 0 aliphatic carbocycles. The van der Waals surface area contributed by atoms with Crippen molar-refractivity contribution in [3.63, 3.8) is 0 Å². The van der Waals surface area contributed by atoms with Gasteiger partial charge in [-0.05, 0) is 44.3 Å². The fraction of sp³-hybridized carbons (Fsp3) is 0.286. The lowest BCUT2D eigenvalue weighted by atomic mass is 10.1. The molecule has 0 saturated carbocycles. The summed E-state index contributed by atoms with van der Waals surface area (Å²) < 4.78 is 31.2. The maximum absolute atomic E-state index is 11.8. The lowest BCUT2D eigenvalue weighted by Gasteiger charge is -2.16. The molecule has 114 valence electrons. The van der Waals surface area contributed by atoms with Crippen molar-refractivity contribution < 1.29 is 12.8 Å². The van der Waals surface area contributed by atoms with Crippen molar-refractivity contribution in [3.05, 3.63) is 42.4 Å². The fourth-order valence-electron chi connectivity index (χ4n) is 1.99. The topological polar surface area (TPSA) is 97.4 Å². The number of hydrogen-bond acceptors (Lipinski definition) is 5. The highest BCUT2D eigenvalue weighted by atomic mass is 32.2. The van der Waals surface area contributed by atoms with Crippen LogP contribution >= 0.6 is 0 Å². The summed E-state index contributed by atoms with van der Waals surface area (Å²) in [5, 5.41) is 3.21. The van der Waals surface area contributed by atoms with Crippen molar-refractivity contribution in [2.45, 2.75) is 24.3 Å². The van der Waals surface area contributed by atoms with E-state index in [1.165, 1.54) is 19.2 Å². The van der Waals surface area contributed by atoms with E-state index in [1.54, 1.807) is 12.3 Å². The number of benzene rings is 1. The molecule has 0 radical (unpaired) electrons. The molecule has 6 nitrogen and oxygen atoms in total. The minimum atomic E-state index is -3.49. The summed E-state index contributed by atoms with van der Waals surface area (Å²) in [4.78, 5) is 0.173. The average Bonchev–Trinajstić information content (AvgIpc) is 2.93. The first-order chi connectivity index (χ1) is 9.92. The monoisotopic (exact) mass is 309 g/mol. The van der Waals surface area contributed by atoms with E-state index in [0.717, 1.165) is 5.76 Å². The molecule has 1 aromatic carbocycles. The Balaban J connectivity index is 2.17. The molecule has 0 spiro atoms. The van der Waals surface area contributed by atoms with Crippen LogP contribution in [-0.2, 0) is 16.4 Å². The van der Waals surface area contributed by atoms with Crippen molar-refractivity contribution in [1.82, 2.24) is 4.72 Å². The third-order valence-corrected chi connectivity index (χ3v) is 4.51. The number of nitrogens with two attached hydrogens (primary N) is 1. The van der Waals surface area contributed by atoms with Crippen LogP contribution in [0.5, 0.6) is 0 Å². The van der Waals surface area contributed by atoms with E-state index in [0.29, 0.717) is 17.8 Å². The highest BCUT2D eigenvalue weighted by Crippen LogP contribution is 2.24. The number of sulfonamides is 1. The van der Waals surface area contributed by atoms with E-state index in [-0.39, 0.29) is 10.9 Å². The minimum Gasteiger partial charge on any atom is -0.469 e. The zero-order chi connectivity index (χ0) is 15.5. The van der Waals surface area contributed by atoms with Gasteiger partial charge in [-0.15, -0.1) is 0 Å². The van der Waals surface area contributed by atoms with Crippen LogP contribution in [0.3, 0.4) is 0 Å². The number of nitrogen functional groups attached to an aromatic ring is 1. The zero-order valence-electron chi connectivity index (χ0n) is 12.0. The lowest BCUT2D eigenvalue weighted by Crippen LogP contribution is -2.21. The third kappa shape index (κ3) is 3.77. The van der Waals surface area contributed by atoms with Crippen LogP contribution in [-0.4, -0.2) is 21.5 Å². The normalized spacial score (nSPS) is 13.0. The molecule has 7 heteroatoms. The number of furan rings is 1. The van der Waals surface area contributed by atoms with Crippen LogP contribution < -0.4 is 15.8 Å². The quantitative estimate of drug-likeness (QED) is 0.707. The second-order valence-electron chi connectivity index (χ2n) is 4.79. The van der Waals surface area contributed by atoms with Gasteiger partial charge in [0.05, 0.1) is 22.5 Å². The van der Waals surface area contributed by atoms with E-state index < -0.39 is 10.0 Å². The number of nitrogens with one attached hydrogen (secondary N) is 2. The average molecular weight is 309 g/mol. The summed E-state index contributed by atoms with van der Waals surface area (Å²) in [6, 6.07) is 8.35. The largest absolute Gasteiger partial charge is 0.469 e. The van der Waals surface area contributed by atoms with Gasteiger partial charge < -0.3 is 15.5 Å². The summed E-state index contributed by atoms with van der Waals surface area (Å²) in [5.41, 5.74) is 6.98. The molecule has 21 heavy (non-hydrogen) atoms. The van der Waals surface area contributed by atoms with Crippen LogP contribution in [0.15, 0.2) is 45.9 Å². The Kier molecular flexibility index (Phi) is 4.54. The predicted molar refractivity (Wildman–Crippen MR) is 82.6 cm³/mol. The van der Waals surface area contributed by atoms with Gasteiger partial charge in [0, 0.05) is 12.5 Å². The Labute approximate surface area is 124 Å². The molecule has 0 aliphatic rings. The molecule has 1 unspecified atom stereocenters. The highest BCUT2D eigenvalue weighted by molar-refractivity contribution is 7.89. The first-order valence-electron chi connectivity index (χ1n) is 6.54. The fourth-order valence-corrected chi connectivity index (χ4v) is 2.75. The SMILES string of the molecule is CNS(=O)(=O)c1ccc(N)c(NC(C)Cc2ccco2)c1. The smallest absolute Gasteiger partial charge is 0.240 e. The molecule has 4 N–H and O–H groups in total. The van der Waals surface area contributed by atoms with E-state index in [1.807, 2.05) is 19.1 Å². The summed E-state index contributed by atoms with van der Waals surface area (Å²) in [6.07, 6.45) is 2.30. The Bertz CT molecular complexity index is 696. The zero-order valence-corrected chi connectivity index (χ0v) is 12.8. The molecule has 2 rings (SSSR count). The van der Waals surface area contributed by atoms with Gasteiger partial charge in [0.15, 0.2) is 0 Å². The molecule has 1 aromatic heterocycles. The summed E-state index contributed by atoms with van der Waals surface area (Å²) in [7, 11) is -2.11. The van der Waals surface area contributed by atoms with Gasteiger partial charge >= 0.3 is 0 Å². The van der Waals surface area contributed by atoms with E-state index in [9.17, 15) is 8.42 Å². The van der Waals surface area contributed by atoms with Gasteiger partial charge in [0.25, 0.3) is 0 Å². The first kappa shape index (κ1) is 15.4. The second kappa shape index (κ2) is 6.19. The van der Waals surface area contributed by atoms with Crippen LogP contribution in [0, 0.1) is 0 Å². The Hall–Kier alpha value is -1.99. The van der Waals surface area contributed by atoms with E-state index in [4.69, 9.17) is 10.2 Å². The lowest BCUT2D eigenvalue weighted by molar-refractivity contribution is 0.498. The number of hydrogen-bond donors (Lipinski definition) is 3. The third-order valence-electron chi connectivity index (χ3n) is 3.09. The van der Waals surface area contributed by atoms with Gasteiger partial charge in [0.2, 0.25) is 10.0 Å². The van der Waals surface area contributed by atoms with Crippen LogP contribution in [0.25, 0.3) is 0 Å². The van der Waals surface area contributed by atoms with Gasteiger partial charge in [-0.1, -0.05) is 0 Å². The van der Waals surface area contributed by atoms with Crippen molar-refractivity contribution >= 4 is 21.4 Å². The molecule has 0 bridgehead atoms. The molecule has 1 heterocycles. The van der Waals surface area contributed by atoms with Crippen molar-refractivity contribution in [3.8, 4) is 0 Å². The minimum absolute atomic E-state index is 0.0472. The van der Waals surface area contributed by atoms with Gasteiger partial charge in [-0.25, -0.2) is 13.1 Å². The predicted octanol–water partition coefficient (Wildman–Crippen LogP) is 1.81. The molecule has 0 amide bonds. The molecular formula is C14H19N3O3S. The molecule has 0 fully saturated rings. The first-order valence-corrected chi connectivity index (χ1v) is 8.02. The Morgan fingerprint density at radius 3 is 2.71 bits per heavy atom. The van der Waals surface area contributed by atoms with E-state index in [2.05, 4.69) is 10.0 Å². The molecular weight excluding hydrogens is 290 g/mol. The summed E-state index contributed by atoms with van der Waals surface area (Å²) >= 11 is 0. The summed E-state index contributed by atoms with van der Waals surface area (Å²) in [6.45, 7) is 1.97. The molecule has 0 saturated heterocycles. The van der Waals surface area contributed by atoms with Gasteiger partial charge in [-0.2, -0.15) is 0 Å². The Morgan fingerprint density at radius 2 is 2.10 bits per heavy atom. The highest BCUT2D eigenvalue weighted by Gasteiger charge is 2.14. The second-order valence-corrected chi connectivity index (χ2v) is 6.67. The molecule has 1 atom stereocenters. The Morgan fingerprint density at radius 1 is 1.33 bits per heavy atom. The standard InChI is InChI=1S/C14H19N3O3S/c1-10(8-11-4-3-7-20-11)17-14-9-12(5-6-13(14)15)21(18,19)16-2/h3-7,9-10,16-17H,8,15H2,1-2H3. The number of anilines is 2. The van der Waals surface area contributed by atoms with Gasteiger partial charge in [0.1, 0.15) is 5.76 Å². The molecule has 2 aromatic rings. The molecule has 0 aliphatic heterocycles. The summed E-state index contributed by atoms with van der Waals surface area (Å²) in [5.74, 6) is 0.854. The van der Waals surface area contributed by atoms with Crippen LogP contribution in [0.2, 0.25) is 0 Å². The maximum Gasteiger partial charge on any atom is 0.240 e. The van der Waals surface area contributed by atoms with Crippen LogP contribution in [0.4, 0.5) is 11.4 Å². The van der Waals surface area contributed by atoms with Crippen molar-refractivity contribution in [1.29, 1.82) is 0 Å². The van der Waals surface area contributed by atoms with Crippen molar-refractivity contribution in [2.24, 2.45) is 0 Å². The van der Waals surface area contributed by atoms with Crippen LogP contribution in [0.1, 0.15) is 12.7 Å². The van der Waals surface area contributed by atoms with Crippen molar-refractivity contribution in [2.75, 3.05) is 18.1 Å². The van der Waals surface area contributed by atoms with E-state index >= 15 is 0 Å².